The lowest BCUT2D eigenvalue weighted by Gasteiger charge is -2.19. The normalized spacial score (nSPS) is 12.9. The predicted molar refractivity (Wildman–Crippen MR) is 132 cm³/mol. The Balaban J connectivity index is 1.84. The summed E-state index contributed by atoms with van der Waals surface area (Å²) in [7, 11) is 1.58. The number of ether oxygens (including phenoxy) is 2. The summed E-state index contributed by atoms with van der Waals surface area (Å²) in [5.74, 6) is 0.618. The van der Waals surface area contributed by atoms with Crippen LogP contribution in [-0.2, 0) is 29.8 Å². The molecule has 0 spiro atoms. The molecule has 0 saturated heterocycles. The van der Waals surface area contributed by atoms with Gasteiger partial charge in [0.05, 0.1) is 19.5 Å². The summed E-state index contributed by atoms with van der Waals surface area (Å²) in [6.07, 6.45) is 2.18. The van der Waals surface area contributed by atoms with Crippen LogP contribution in [0.4, 0.5) is 0 Å². The van der Waals surface area contributed by atoms with Gasteiger partial charge in [-0.15, -0.1) is 0 Å². The molecule has 0 radical (unpaired) electrons. The Bertz CT molecular complexity index is 1200. The Labute approximate surface area is 199 Å². The summed E-state index contributed by atoms with van der Waals surface area (Å²) in [6, 6.07) is 7.71. The third-order valence-electron chi connectivity index (χ3n) is 5.81. The molecule has 0 fully saturated rings. The molecular formula is C25H36N4O5. The van der Waals surface area contributed by atoms with Crippen LogP contribution in [0.3, 0.4) is 0 Å². The minimum atomic E-state index is -1.04. The van der Waals surface area contributed by atoms with Crippen molar-refractivity contribution in [3.05, 3.63) is 57.0 Å². The molecule has 3 rings (SSSR count). The van der Waals surface area contributed by atoms with E-state index in [1.807, 2.05) is 31.2 Å². The molecule has 0 unspecified atom stereocenters. The lowest BCUT2D eigenvalue weighted by molar-refractivity contribution is 0.0901. The second kappa shape index (κ2) is 11.0. The summed E-state index contributed by atoms with van der Waals surface area (Å²) in [6.45, 7) is 9.51. The number of imidazole rings is 1. The first kappa shape index (κ1) is 25.7. The Morgan fingerprint density at radius 1 is 1.09 bits per heavy atom. The Kier molecular flexibility index (Phi) is 8.33. The molecule has 0 bridgehead atoms. The lowest BCUT2D eigenvalue weighted by Crippen LogP contribution is -2.44. The summed E-state index contributed by atoms with van der Waals surface area (Å²) >= 11 is 0. The van der Waals surface area contributed by atoms with Gasteiger partial charge < -0.3 is 19.1 Å². The molecule has 0 aliphatic rings. The number of aliphatic hydroxyl groups excluding tert-OH is 1. The molecular weight excluding hydrogens is 436 g/mol. The van der Waals surface area contributed by atoms with Gasteiger partial charge in [0.2, 0.25) is 0 Å². The largest absolute Gasteiger partial charge is 0.491 e. The first-order valence-corrected chi connectivity index (χ1v) is 11.8. The van der Waals surface area contributed by atoms with E-state index in [1.54, 1.807) is 18.0 Å². The molecule has 0 amide bonds. The molecule has 3 aromatic rings. The van der Waals surface area contributed by atoms with Gasteiger partial charge >= 0.3 is 5.69 Å². The zero-order chi connectivity index (χ0) is 24.9. The van der Waals surface area contributed by atoms with Gasteiger partial charge in [0.1, 0.15) is 18.5 Å². The van der Waals surface area contributed by atoms with E-state index in [2.05, 4.69) is 25.8 Å². The summed E-state index contributed by atoms with van der Waals surface area (Å²) in [5.41, 5.74) is 0.953. The van der Waals surface area contributed by atoms with Crippen LogP contribution >= 0.6 is 0 Å². The van der Waals surface area contributed by atoms with Crippen LogP contribution in [0.1, 0.15) is 46.1 Å². The van der Waals surface area contributed by atoms with Crippen LogP contribution < -0.4 is 16.0 Å². The SMILES string of the molecule is CCCCn1c(=O)n(C[C@H](O)COc2ccc(C(C)(C)C)cc2)c(=O)c2c1ncn2CCOC. The molecule has 186 valence electrons. The van der Waals surface area contributed by atoms with Crippen LogP contribution in [0.25, 0.3) is 11.2 Å². The van der Waals surface area contributed by atoms with Gasteiger partial charge in [-0.25, -0.2) is 9.78 Å². The zero-order valence-electron chi connectivity index (χ0n) is 20.8. The molecule has 0 saturated carbocycles. The number of aliphatic hydroxyl groups is 1. The number of unbranched alkanes of at least 4 members (excludes halogenated alkanes) is 1. The number of nitrogens with zero attached hydrogens (tertiary/aromatic N) is 4. The molecule has 1 aromatic carbocycles. The maximum Gasteiger partial charge on any atom is 0.332 e. The van der Waals surface area contributed by atoms with Crippen LogP contribution in [0.15, 0.2) is 40.2 Å². The van der Waals surface area contributed by atoms with Gasteiger partial charge in [0, 0.05) is 20.2 Å². The average molecular weight is 473 g/mol. The number of methoxy groups -OCH3 is 1. The van der Waals surface area contributed by atoms with Crippen molar-refractivity contribution in [1.82, 2.24) is 18.7 Å². The van der Waals surface area contributed by atoms with Gasteiger partial charge in [0.25, 0.3) is 5.56 Å². The minimum absolute atomic E-state index is 0.0330. The standard InChI is InChI=1S/C25H36N4O5/c1-6-7-12-28-22-21(27(17-26-22)13-14-33-5)23(31)29(24(28)32)15-19(30)16-34-20-10-8-18(9-11-20)25(2,3)4/h8-11,17,19,30H,6-7,12-16H2,1-5H3/t19-/m0/s1. The van der Waals surface area contributed by atoms with E-state index in [-0.39, 0.29) is 18.6 Å². The average Bonchev–Trinajstić information content (AvgIpc) is 3.22. The van der Waals surface area contributed by atoms with Crippen LogP contribution in [0.5, 0.6) is 5.75 Å². The van der Waals surface area contributed by atoms with Crippen LogP contribution in [0, 0.1) is 0 Å². The number of benzene rings is 1. The second-order valence-electron chi connectivity index (χ2n) is 9.55. The smallest absolute Gasteiger partial charge is 0.332 e. The third-order valence-corrected chi connectivity index (χ3v) is 5.81. The highest BCUT2D eigenvalue weighted by molar-refractivity contribution is 5.70. The van der Waals surface area contributed by atoms with Gasteiger partial charge in [-0.2, -0.15) is 0 Å². The molecule has 9 heteroatoms. The number of hydrogen-bond acceptors (Lipinski definition) is 6. The summed E-state index contributed by atoms with van der Waals surface area (Å²) in [5, 5.41) is 10.6. The van der Waals surface area contributed by atoms with E-state index in [9.17, 15) is 14.7 Å². The van der Waals surface area contributed by atoms with E-state index in [1.165, 1.54) is 10.1 Å². The summed E-state index contributed by atoms with van der Waals surface area (Å²) in [4.78, 5) is 30.8. The fourth-order valence-corrected chi connectivity index (χ4v) is 3.78. The van der Waals surface area contributed by atoms with Gasteiger partial charge in [-0.1, -0.05) is 46.2 Å². The van der Waals surface area contributed by atoms with Crippen molar-refractivity contribution in [2.45, 2.75) is 71.7 Å². The second-order valence-corrected chi connectivity index (χ2v) is 9.55. The number of aromatic nitrogens is 4. The maximum absolute atomic E-state index is 13.3. The molecule has 2 aromatic heterocycles. The van der Waals surface area contributed by atoms with E-state index >= 15 is 0 Å². The van der Waals surface area contributed by atoms with Crippen molar-refractivity contribution in [2.75, 3.05) is 20.3 Å². The molecule has 34 heavy (non-hydrogen) atoms. The van der Waals surface area contributed by atoms with E-state index in [0.717, 1.165) is 17.4 Å². The fraction of sp³-hybridized carbons (Fsp3) is 0.560. The van der Waals surface area contributed by atoms with Crippen LogP contribution in [0.2, 0.25) is 0 Å². The third kappa shape index (κ3) is 5.77. The Hall–Kier alpha value is -2.91. The number of fused-ring (bicyclic) bond motifs is 1. The quantitative estimate of drug-likeness (QED) is 0.460. The number of aryl methyl sites for hydroxylation is 1. The zero-order valence-corrected chi connectivity index (χ0v) is 20.8. The first-order chi connectivity index (χ1) is 16.2. The highest BCUT2D eigenvalue weighted by Crippen LogP contribution is 2.24. The minimum Gasteiger partial charge on any atom is -0.491 e. The van der Waals surface area contributed by atoms with Gasteiger partial charge in [0.15, 0.2) is 11.2 Å². The van der Waals surface area contributed by atoms with E-state index < -0.39 is 17.4 Å². The Morgan fingerprint density at radius 3 is 2.41 bits per heavy atom. The molecule has 1 atom stereocenters. The highest BCUT2D eigenvalue weighted by atomic mass is 16.5. The van der Waals surface area contributed by atoms with Gasteiger partial charge in [-0.05, 0) is 29.5 Å². The summed E-state index contributed by atoms with van der Waals surface area (Å²) < 4.78 is 15.2. The molecule has 2 heterocycles. The molecule has 9 nitrogen and oxygen atoms in total. The fourth-order valence-electron chi connectivity index (χ4n) is 3.78. The number of hydrogen-bond donors (Lipinski definition) is 1. The van der Waals surface area contributed by atoms with Crippen molar-refractivity contribution >= 4 is 11.2 Å². The lowest BCUT2D eigenvalue weighted by atomic mass is 9.87. The highest BCUT2D eigenvalue weighted by Gasteiger charge is 2.20. The van der Waals surface area contributed by atoms with Crippen molar-refractivity contribution in [2.24, 2.45) is 0 Å². The van der Waals surface area contributed by atoms with Gasteiger partial charge in [-0.3, -0.25) is 13.9 Å². The van der Waals surface area contributed by atoms with Crippen molar-refractivity contribution in [3.63, 3.8) is 0 Å². The Morgan fingerprint density at radius 2 is 1.79 bits per heavy atom. The van der Waals surface area contributed by atoms with Crippen LogP contribution in [-0.4, -0.2) is 50.2 Å². The van der Waals surface area contributed by atoms with Crippen molar-refractivity contribution in [3.8, 4) is 5.75 Å². The van der Waals surface area contributed by atoms with E-state index in [0.29, 0.717) is 36.6 Å². The molecule has 1 N–H and O–H groups in total. The van der Waals surface area contributed by atoms with Crippen molar-refractivity contribution < 1.29 is 14.6 Å². The number of rotatable bonds is 11. The topological polar surface area (TPSA) is 101 Å². The monoisotopic (exact) mass is 472 g/mol. The van der Waals surface area contributed by atoms with Crippen molar-refractivity contribution in [1.29, 1.82) is 0 Å². The molecule has 0 aliphatic heterocycles. The maximum atomic E-state index is 13.3. The first-order valence-electron chi connectivity index (χ1n) is 11.8. The van der Waals surface area contributed by atoms with E-state index in [4.69, 9.17) is 9.47 Å². The molecule has 0 aliphatic carbocycles. The predicted octanol–water partition coefficient (Wildman–Crippen LogP) is 2.54.